The topological polar surface area (TPSA) is 94.6 Å². The van der Waals surface area contributed by atoms with Crippen molar-refractivity contribution in [1.82, 2.24) is 4.57 Å². The fourth-order valence-electron chi connectivity index (χ4n) is 4.58. The number of nitro groups is 1. The lowest BCUT2D eigenvalue weighted by Gasteiger charge is -2.35. The third-order valence-corrected chi connectivity index (χ3v) is 7.30. The maximum Gasteiger partial charge on any atom is 0.271 e. The van der Waals surface area contributed by atoms with E-state index in [9.17, 15) is 19.7 Å². The van der Waals surface area contributed by atoms with Gasteiger partial charge in [-0.15, -0.1) is 0 Å². The molecule has 5 rings (SSSR count). The van der Waals surface area contributed by atoms with Crippen molar-refractivity contribution in [3.8, 4) is 0 Å². The molecule has 0 amide bonds. The van der Waals surface area contributed by atoms with Gasteiger partial charge in [0.2, 0.25) is 0 Å². The van der Waals surface area contributed by atoms with Gasteiger partial charge >= 0.3 is 0 Å². The predicted molar refractivity (Wildman–Crippen MR) is 131 cm³/mol. The highest BCUT2D eigenvalue weighted by molar-refractivity contribution is 7.07. The van der Waals surface area contributed by atoms with Crippen LogP contribution in [0.5, 0.6) is 0 Å². The minimum absolute atomic E-state index is 0.0847. The number of rotatable bonds is 3. The Bertz CT molecular complexity index is 1560. The van der Waals surface area contributed by atoms with Crippen LogP contribution in [0.3, 0.4) is 0 Å². The molecule has 1 aliphatic heterocycles. The van der Waals surface area contributed by atoms with Crippen LogP contribution in [0, 0.1) is 15.5 Å². The van der Waals surface area contributed by atoms with E-state index in [0.29, 0.717) is 44.0 Å². The molecule has 0 spiro atoms. The summed E-state index contributed by atoms with van der Waals surface area (Å²) in [5, 5.41) is 12.0. The standard InChI is InChI=1S/C25H20ClN3O4S/c1-25(2)12-18-21(19(30)13-25)22(15-4-3-5-17(11-15)29(32)33)28-23(31)20(34-24(28)27-18)10-14-6-8-16(26)9-7-14/h3-11,22H,12-13H2,1-2H3. The van der Waals surface area contributed by atoms with Gasteiger partial charge in [0.15, 0.2) is 10.6 Å². The van der Waals surface area contributed by atoms with Crippen molar-refractivity contribution in [2.24, 2.45) is 10.4 Å². The average molecular weight is 494 g/mol. The number of ketones is 1. The molecule has 0 saturated carbocycles. The Kier molecular flexibility index (Phi) is 5.37. The molecule has 1 aliphatic carbocycles. The largest absolute Gasteiger partial charge is 0.294 e. The average Bonchev–Trinajstić information content (AvgIpc) is 3.07. The summed E-state index contributed by atoms with van der Waals surface area (Å²) >= 11 is 7.22. The first-order chi connectivity index (χ1) is 16.1. The van der Waals surface area contributed by atoms with Gasteiger partial charge in [0.05, 0.1) is 21.2 Å². The minimum Gasteiger partial charge on any atom is -0.294 e. The fourth-order valence-corrected chi connectivity index (χ4v) is 5.73. The van der Waals surface area contributed by atoms with Crippen molar-refractivity contribution in [2.75, 3.05) is 0 Å². The van der Waals surface area contributed by atoms with E-state index in [1.54, 1.807) is 30.3 Å². The van der Waals surface area contributed by atoms with Crippen LogP contribution in [0.4, 0.5) is 5.69 Å². The van der Waals surface area contributed by atoms with Crippen LogP contribution in [-0.4, -0.2) is 15.3 Å². The number of nitro benzene ring substituents is 1. The van der Waals surface area contributed by atoms with E-state index in [4.69, 9.17) is 16.6 Å². The lowest BCUT2D eigenvalue weighted by atomic mass is 9.73. The molecule has 1 aromatic heterocycles. The second kappa shape index (κ2) is 8.14. The maximum absolute atomic E-state index is 13.6. The molecule has 2 aliphatic rings. The Balaban J connectivity index is 1.77. The van der Waals surface area contributed by atoms with Crippen molar-refractivity contribution >= 4 is 40.5 Å². The number of non-ortho nitro benzene ring substituents is 1. The normalized spacial score (nSPS) is 19.4. The third kappa shape index (κ3) is 3.93. The highest BCUT2D eigenvalue weighted by Crippen LogP contribution is 2.43. The van der Waals surface area contributed by atoms with Gasteiger partial charge < -0.3 is 0 Å². The summed E-state index contributed by atoms with van der Waals surface area (Å²) in [7, 11) is 0. The number of halogens is 1. The summed E-state index contributed by atoms with van der Waals surface area (Å²) in [5.41, 5.74) is 1.78. The number of hydrogen-bond acceptors (Lipinski definition) is 6. The number of hydrogen-bond donors (Lipinski definition) is 0. The Morgan fingerprint density at radius 2 is 1.91 bits per heavy atom. The van der Waals surface area contributed by atoms with Gasteiger partial charge in [0.1, 0.15) is 0 Å². The number of carbonyl (C=O) groups excluding carboxylic acids is 1. The molecule has 0 saturated heterocycles. The summed E-state index contributed by atoms with van der Waals surface area (Å²) in [4.78, 5) is 43.1. The van der Waals surface area contributed by atoms with Crippen molar-refractivity contribution in [3.63, 3.8) is 0 Å². The van der Waals surface area contributed by atoms with E-state index in [0.717, 1.165) is 5.56 Å². The first-order valence-corrected chi connectivity index (χ1v) is 11.9. The number of aromatic nitrogens is 1. The van der Waals surface area contributed by atoms with Gasteiger partial charge in [-0.05, 0) is 41.2 Å². The number of fused-ring (bicyclic) bond motifs is 1. The summed E-state index contributed by atoms with van der Waals surface area (Å²) in [6.07, 6.45) is 2.67. The molecule has 0 bridgehead atoms. The second-order valence-corrected chi connectivity index (χ2v) is 10.7. The van der Waals surface area contributed by atoms with Gasteiger partial charge in [-0.2, -0.15) is 0 Å². The zero-order valence-electron chi connectivity index (χ0n) is 18.4. The van der Waals surface area contributed by atoms with Gasteiger partial charge in [-0.1, -0.05) is 61.1 Å². The minimum atomic E-state index is -0.762. The molecule has 0 radical (unpaired) electrons. The lowest BCUT2D eigenvalue weighted by Crippen LogP contribution is -2.42. The molecule has 2 aromatic carbocycles. The van der Waals surface area contributed by atoms with Crippen LogP contribution in [0.25, 0.3) is 6.08 Å². The Morgan fingerprint density at radius 1 is 1.18 bits per heavy atom. The summed E-state index contributed by atoms with van der Waals surface area (Å²) in [6, 6.07) is 12.5. The molecular weight excluding hydrogens is 474 g/mol. The number of Topliss-reactive ketones (excluding diaryl/α,β-unsaturated/α-hetero) is 1. The van der Waals surface area contributed by atoms with Crippen LogP contribution in [0.2, 0.25) is 5.02 Å². The highest BCUT2D eigenvalue weighted by atomic mass is 35.5. The van der Waals surface area contributed by atoms with E-state index in [2.05, 4.69) is 0 Å². The Labute approximate surface area is 203 Å². The van der Waals surface area contributed by atoms with Gasteiger partial charge in [-0.25, -0.2) is 4.99 Å². The first-order valence-electron chi connectivity index (χ1n) is 10.7. The van der Waals surface area contributed by atoms with Crippen molar-refractivity contribution in [1.29, 1.82) is 0 Å². The molecule has 7 nitrogen and oxygen atoms in total. The smallest absolute Gasteiger partial charge is 0.271 e. The lowest BCUT2D eigenvalue weighted by molar-refractivity contribution is -0.384. The van der Waals surface area contributed by atoms with Crippen molar-refractivity contribution < 1.29 is 9.72 Å². The van der Waals surface area contributed by atoms with Crippen LogP contribution in [0.1, 0.15) is 43.9 Å². The quantitative estimate of drug-likeness (QED) is 0.404. The summed E-state index contributed by atoms with van der Waals surface area (Å²) in [5.74, 6) is -0.0847. The zero-order valence-corrected chi connectivity index (χ0v) is 20.0. The molecule has 0 N–H and O–H groups in total. The molecule has 34 heavy (non-hydrogen) atoms. The van der Waals surface area contributed by atoms with Gasteiger partial charge in [-0.3, -0.25) is 24.3 Å². The molecule has 1 unspecified atom stereocenters. The van der Waals surface area contributed by atoms with Crippen molar-refractivity contribution in [2.45, 2.75) is 32.7 Å². The molecule has 3 aromatic rings. The molecule has 172 valence electrons. The highest BCUT2D eigenvalue weighted by Gasteiger charge is 2.40. The third-order valence-electron chi connectivity index (χ3n) is 6.06. The monoisotopic (exact) mass is 493 g/mol. The Hall–Kier alpha value is -3.36. The molecular formula is C25H20ClN3O4S. The van der Waals surface area contributed by atoms with Crippen molar-refractivity contribution in [3.05, 3.63) is 106 Å². The van der Waals surface area contributed by atoms with Crippen LogP contribution < -0.4 is 14.9 Å². The van der Waals surface area contributed by atoms with E-state index in [-0.39, 0.29) is 22.4 Å². The summed E-state index contributed by atoms with van der Waals surface area (Å²) < 4.78 is 1.96. The SMILES string of the molecule is CC1(C)CC(=O)C2=C(C1)N=c1sc(=Cc3ccc(Cl)cc3)c(=O)n1C2c1cccc([N+](=O)[O-])c1. The van der Waals surface area contributed by atoms with E-state index >= 15 is 0 Å². The second-order valence-electron chi connectivity index (χ2n) is 9.29. The zero-order chi connectivity index (χ0) is 24.2. The van der Waals surface area contributed by atoms with E-state index in [1.807, 2.05) is 26.0 Å². The van der Waals surface area contributed by atoms with E-state index < -0.39 is 11.0 Å². The van der Waals surface area contributed by atoms with E-state index in [1.165, 1.54) is 28.0 Å². The summed E-state index contributed by atoms with van der Waals surface area (Å²) in [6.45, 7) is 4.03. The van der Waals surface area contributed by atoms with Crippen LogP contribution in [0.15, 0.2) is 69.6 Å². The van der Waals surface area contributed by atoms with Crippen LogP contribution >= 0.6 is 22.9 Å². The molecule has 1 atom stereocenters. The maximum atomic E-state index is 13.6. The van der Waals surface area contributed by atoms with Gasteiger partial charge in [0.25, 0.3) is 11.2 Å². The Morgan fingerprint density at radius 3 is 2.62 bits per heavy atom. The molecule has 9 heteroatoms. The van der Waals surface area contributed by atoms with Gasteiger partial charge in [0, 0.05) is 29.1 Å². The molecule has 2 heterocycles. The number of nitrogens with zero attached hydrogens (tertiary/aromatic N) is 3. The number of benzene rings is 2. The number of thiazole rings is 1. The predicted octanol–water partition coefficient (Wildman–Crippen LogP) is 4.17. The number of carbonyl (C=O) groups is 1. The number of allylic oxidation sites excluding steroid dienone is 2. The van der Waals surface area contributed by atoms with Crippen LogP contribution in [-0.2, 0) is 4.79 Å². The molecule has 0 fully saturated rings. The first kappa shape index (κ1) is 22.4. The fraction of sp³-hybridized carbons (Fsp3) is 0.240.